The number of carbonyl (C=O) groups is 1. The molecule has 0 bridgehead atoms. The number of rotatable bonds is 6. The summed E-state index contributed by atoms with van der Waals surface area (Å²) in [6, 6.07) is 1.80. The van der Waals surface area contributed by atoms with E-state index >= 15 is 0 Å². The largest absolute Gasteiger partial charge is 0.460 e. The van der Waals surface area contributed by atoms with Crippen LogP contribution in [0.25, 0.3) is 0 Å². The van der Waals surface area contributed by atoms with Crippen LogP contribution in [0.5, 0.6) is 0 Å². The molecule has 1 aromatic rings. The third-order valence-electron chi connectivity index (χ3n) is 2.25. The van der Waals surface area contributed by atoms with Gasteiger partial charge in [0.25, 0.3) is 0 Å². The van der Waals surface area contributed by atoms with Crippen molar-refractivity contribution in [3.05, 3.63) is 24.3 Å². The lowest BCUT2D eigenvalue weighted by Gasteiger charge is -2.23. The number of ether oxygens (including phenoxy) is 1. The van der Waals surface area contributed by atoms with Gasteiger partial charge in [-0.15, -0.1) is 0 Å². The standard InChI is InChI=1S/C12H20N3O2/c1-15(2,3)8-9-17-12(16)5-4-11-6-7-13-10-14-11/h6-7,10H,4-5,8-9H2,1-3H3/q+1. The average Bonchev–Trinajstić information content (AvgIpc) is 2.26. The van der Waals surface area contributed by atoms with Gasteiger partial charge in [0, 0.05) is 18.3 Å². The zero-order valence-corrected chi connectivity index (χ0v) is 10.7. The first kappa shape index (κ1) is 13.6. The van der Waals surface area contributed by atoms with Gasteiger partial charge in [-0.1, -0.05) is 0 Å². The molecule has 17 heavy (non-hydrogen) atoms. The van der Waals surface area contributed by atoms with Crippen LogP contribution in [0, 0.1) is 0 Å². The number of hydrogen-bond donors (Lipinski definition) is 0. The zero-order valence-electron chi connectivity index (χ0n) is 10.7. The highest BCUT2D eigenvalue weighted by Crippen LogP contribution is 1.99. The van der Waals surface area contributed by atoms with Crippen molar-refractivity contribution in [1.29, 1.82) is 0 Å². The molecule has 0 atom stereocenters. The second-order valence-corrected chi connectivity index (χ2v) is 4.94. The van der Waals surface area contributed by atoms with E-state index in [1.165, 1.54) is 6.33 Å². The molecule has 0 saturated carbocycles. The fourth-order valence-corrected chi connectivity index (χ4v) is 1.20. The molecule has 0 aliphatic carbocycles. The van der Waals surface area contributed by atoms with Crippen molar-refractivity contribution in [2.75, 3.05) is 34.3 Å². The summed E-state index contributed by atoms with van der Waals surface area (Å²) in [7, 11) is 6.19. The van der Waals surface area contributed by atoms with Crippen molar-refractivity contribution in [1.82, 2.24) is 9.97 Å². The lowest BCUT2D eigenvalue weighted by atomic mass is 10.2. The van der Waals surface area contributed by atoms with E-state index in [1.54, 1.807) is 12.3 Å². The molecule has 5 nitrogen and oxygen atoms in total. The summed E-state index contributed by atoms with van der Waals surface area (Å²) in [6.07, 6.45) is 4.13. The number of hydrogen-bond acceptors (Lipinski definition) is 4. The Kier molecular flexibility index (Phi) is 5.03. The second kappa shape index (κ2) is 6.30. The molecule has 0 N–H and O–H groups in total. The minimum absolute atomic E-state index is 0.169. The monoisotopic (exact) mass is 238 g/mol. The molecule has 0 amide bonds. The van der Waals surface area contributed by atoms with E-state index in [4.69, 9.17) is 4.74 Å². The molecule has 0 fully saturated rings. The molecule has 5 heteroatoms. The molecule has 0 aliphatic heterocycles. The summed E-state index contributed by atoms with van der Waals surface area (Å²) in [6.45, 7) is 1.28. The number of nitrogens with zero attached hydrogens (tertiary/aromatic N) is 3. The van der Waals surface area contributed by atoms with Crippen molar-refractivity contribution in [2.45, 2.75) is 12.8 Å². The van der Waals surface area contributed by atoms with Gasteiger partial charge in [0.1, 0.15) is 19.5 Å². The molecule has 0 aliphatic rings. The van der Waals surface area contributed by atoms with Gasteiger partial charge in [-0.3, -0.25) is 4.79 Å². The van der Waals surface area contributed by atoms with E-state index in [0.717, 1.165) is 16.7 Å². The SMILES string of the molecule is C[N+](C)(C)CCOC(=O)CCc1ccncn1. The summed E-state index contributed by atoms with van der Waals surface area (Å²) in [5.41, 5.74) is 0.864. The van der Waals surface area contributed by atoms with Gasteiger partial charge in [-0.05, 0) is 6.07 Å². The van der Waals surface area contributed by atoms with E-state index in [-0.39, 0.29) is 5.97 Å². The smallest absolute Gasteiger partial charge is 0.306 e. The van der Waals surface area contributed by atoms with E-state index in [0.29, 0.717) is 19.4 Å². The Morgan fingerprint density at radius 2 is 2.18 bits per heavy atom. The normalized spacial score (nSPS) is 11.2. The van der Waals surface area contributed by atoms with Crippen LogP contribution in [-0.4, -0.2) is 54.7 Å². The zero-order chi connectivity index (χ0) is 12.7. The first-order valence-corrected chi connectivity index (χ1v) is 5.68. The van der Waals surface area contributed by atoms with Crippen LogP contribution >= 0.6 is 0 Å². The Bertz CT molecular complexity index is 347. The first-order chi connectivity index (χ1) is 7.97. The summed E-state index contributed by atoms with van der Waals surface area (Å²) in [5.74, 6) is -0.169. The Morgan fingerprint density at radius 3 is 2.76 bits per heavy atom. The topological polar surface area (TPSA) is 52.1 Å². The van der Waals surface area contributed by atoms with Crippen molar-refractivity contribution >= 4 is 5.97 Å². The van der Waals surface area contributed by atoms with Gasteiger partial charge in [0.05, 0.1) is 27.6 Å². The van der Waals surface area contributed by atoms with E-state index in [2.05, 4.69) is 31.1 Å². The quantitative estimate of drug-likeness (QED) is 0.539. The van der Waals surface area contributed by atoms with E-state index in [9.17, 15) is 4.79 Å². The van der Waals surface area contributed by atoms with Gasteiger partial charge < -0.3 is 9.22 Å². The van der Waals surface area contributed by atoms with Crippen LogP contribution < -0.4 is 0 Å². The van der Waals surface area contributed by atoms with Gasteiger partial charge in [0.2, 0.25) is 0 Å². The second-order valence-electron chi connectivity index (χ2n) is 4.94. The minimum atomic E-state index is -0.169. The highest BCUT2D eigenvalue weighted by atomic mass is 16.5. The predicted octanol–water partition coefficient (Wildman–Crippen LogP) is 0.659. The van der Waals surface area contributed by atoms with Gasteiger partial charge in [-0.2, -0.15) is 0 Å². The Hall–Kier alpha value is -1.49. The number of quaternary nitrogens is 1. The fraction of sp³-hybridized carbons (Fsp3) is 0.583. The highest BCUT2D eigenvalue weighted by molar-refractivity contribution is 5.69. The number of aromatic nitrogens is 2. The van der Waals surface area contributed by atoms with Crippen LogP contribution in [-0.2, 0) is 16.0 Å². The van der Waals surface area contributed by atoms with E-state index in [1.807, 2.05) is 0 Å². The molecule has 0 radical (unpaired) electrons. The van der Waals surface area contributed by atoms with E-state index < -0.39 is 0 Å². The molecule has 0 spiro atoms. The lowest BCUT2D eigenvalue weighted by molar-refractivity contribution is -0.870. The summed E-state index contributed by atoms with van der Waals surface area (Å²) >= 11 is 0. The summed E-state index contributed by atoms with van der Waals surface area (Å²) in [4.78, 5) is 19.3. The van der Waals surface area contributed by atoms with Crippen LogP contribution in [0.1, 0.15) is 12.1 Å². The molecule has 0 saturated heterocycles. The molecule has 94 valence electrons. The third kappa shape index (κ3) is 6.63. The average molecular weight is 238 g/mol. The van der Waals surface area contributed by atoms with Crippen LogP contribution in [0.2, 0.25) is 0 Å². The van der Waals surface area contributed by atoms with Crippen LogP contribution in [0.15, 0.2) is 18.6 Å². The van der Waals surface area contributed by atoms with Gasteiger partial charge in [-0.25, -0.2) is 9.97 Å². The molecule has 0 unspecified atom stereocenters. The van der Waals surface area contributed by atoms with Crippen molar-refractivity contribution in [3.8, 4) is 0 Å². The highest BCUT2D eigenvalue weighted by Gasteiger charge is 2.09. The maximum Gasteiger partial charge on any atom is 0.306 e. The lowest BCUT2D eigenvalue weighted by Crippen LogP contribution is -2.38. The van der Waals surface area contributed by atoms with Crippen molar-refractivity contribution in [2.24, 2.45) is 0 Å². The Morgan fingerprint density at radius 1 is 1.41 bits per heavy atom. The molecular weight excluding hydrogens is 218 g/mol. The minimum Gasteiger partial charge on any atom is -0.460 e. The van der Waals surface area contributed by atoms with Crippen molar-refractivity contribution in [3.63, 3.8) is 0 Å². The maximum atomic E-state index is 11.4. The first-order valence-electron chi connectivity index (χ1n) is 5.68. The van der Waals surface area contributed by atoms with Gasteiger partial charge in [0.15, 0.2) is 0 Å². The van der Waals surface area contributed by atoms with Gasteiger partial charge >= 0.3 is 5.97 Å². The third-order valence-corrected chi connectivity index (χ3v) is 2.25. The Balaban J connectivity index is 2.18. The van der Waals surface area contributed by atoms with Crippen molar-refractivity contribution < 1.29 is 14.0 Å². The summed E-state index contributed by atoms with van der Waals surface area (Å²) in [5, 5.41) is 0. The van der Waals surface area contributed by atoms with Crippen LogP contribution in [0.4, 0.5) is 0 Å². The fourth-order valence-electron chi connectivity index (χ4n) is 1.20. The number of carbonyl (C=O) groups excluding carboxylic acids is 1. The predicted molar refractivity (Wildman–Crippen MR) is 64.2 cm³/mol. The Labute approximate surface area is 102 Å². The number of likely N-dealkylation sites (N-methyl/N-ethyl adjacent to an activating group) is 1. The summed E-state index contributed by atoms with van der Waals surface area (Å²) < 4.78 is 5.93. The molecule has 1 rings (SSSR count). The molecule has 0 aromatic carbocycles. The number of aryl methyl sites for hydroxylation is 1. The number of esters is 1. The maximum absolute atomic E-state index is 11.4. The molecular formula is C12H20N3O2+. The van der Waals surface area contributed by atoms with Crippen LogP contribution in [0.3, 0.4) is 0 Å². The molecule has 1 aromatic heterocycles. The molecule has 1 heterocycles.